The summed E-state index contributed by atoms with van der Waals surface area (Å²) in [6, 6.07) is 0. The Labute approximate surface area is 110 Å². The van der Waals surface area contributed by atoms with Gasteiger partial charge in [0.2, 0.25) is 0 Å². The van der Waals surface area contributed by atoms with Gasteiger partial charge in [-0.15, -0.1) is 0 Å². The molecule has 0 spiro atoms. The van der Waals surface area contributed by atoms with E-state index in [-0.39, 0.29) is 12.2 Å². The molecule has 0 aliphatic carbocycles. The number of aliphatic hydroxyl groups is 6. The van der Waals surface area contributed by atoms with E-state index in [0.29, 0.717) is 0 Å². The van der Waals surface area contributed by atoms with Crippen molar-refractivity contribution in [2.75, 3.05) is 19.8 Å². The first-order valence-corrected chi connectivity index (χ1v) is 5.81. The Morgan fingerprint density at radius 2 is 1.79 bits per heavy atom. The third kappa shape index (κ3) is 3.94. The molecule has 0 aromatic heterocycles. The van der Waals surface area contributed by atoms with Gasteiger partial charge in [-0.1, -0.05) is 6.58 Å². The first-order chi connectivity index (χ1) is 8.92. The first kappa shape index (κ1) is 16.5. The lowest BCUT2D eigenvalue weighted by molar-refractivity contribution is -0.299. The van der Waals surface area contributed by atoms with Gasteiger partial charge in [0.25, 0.3) is 0 Å². The maximum Gasteiger partial charge on any atom is 0.187 e. The molecule has 6 atom stereocenters. The van der Waals surface area contributed by atoms with Crippen molar-refractivity contribution in [1.29, 1.82) is 0 Å². The summed E-state index contributed by atoms with van der Waals surface area (Å²) in [7, 11) is 0. The second-order valence-electron chi connectivity index (χ2n) is 4.36. The van der Waals surface area contributed by atoms with E-state index in [4.69, 9.17) is 19.7 Å². The smallest absolute Gasteiger partial charge is 0.187 e. The van der Waals surface area contributed by atoms with Gasteiger partial charge in [-0.3, -0.25) is 0 Å². The Kier molecular flexibility index (Phi) is 6.30. The van der Waals surface area contributed by atoms with Gasteiger partial charge in [0.1, 0.15) is 24.4 Å². The number of hydrogen-bond donors (Lipinski definition) is 6. The van der Waals surface area contributed by atoms with E-state index in [1.165, 1.54) is 0 Å². The lowest BCUT2D eigenvalue weighted by Gasteiger charge is -2.39. The normalized spacial score (nSPS) is 37.1. The molecule has 6 N–H and O–H groups in total. The van der Waals surface area contributed by atoms with Crippen molar-refractivity contribution in [2.24, 2.45) is 0 Å². The Bertz CT molecular complexity index is 294. The summed E-state index contributed by atoms with van der Waals surface area (Å²) in [4.78, 5) is 0. The van der Waals surface area contributed by atoms with Crippen LogP contribution in [0.5, 0.6) is 0 Å². The van der Waals surface area contributed by atoms with Crippen LogP contribution in [0, 0.1) is 0 Å². The average Bonchev–Trinajstić information content (AvgIpc) is 2.42. The van der Waals surface area contributed by atoms with Crippen molar-refractivity contribution in [3.8, 4) is 0 Å². The summed E-state index contributed by atoms with van der Waals surface area (Å²) in [6.07, 6.45) is -7.97. The number of aliphatic hydroxyl groups excluding tert-OH is 6. The minimum atomic E-state index is -1.52. The summed E-state index contributed by atoms with van der Waals surface area (Å²) in [5.41, 5.74) is 0.166. The standard InChI is InChI=1S/C11H20O8/c1-5(6(14)2-12)4-18-11-10(17)9(16)8(15)7(3-13)19-11/h6-17H,1-4H2/t6-,7-,8-,9-,10-,11-/m1/s1. The van der Waals surface area contributed by atoms with Gasteiger partial charge in [-0.25, -0.2) is 0 Å². The van der Waals surface area contributed by atoms with Crippen LogP contribution >= 0.6 is 0 Å². The van der Waals surface area contributed by atoms with Crippen molar-refractivity contribution in [3.05, 3.63) is 12.2 Å². The van der Waals surface area contributed by atoms with Crippen molar-refractivity contribution >= 4 is 0 Å². The van der Waals surface area contributed by atoms with E-state index in [0.717, 1.165) is 0 Å². The quantitative estimate of drug-likeness (QED) is 0.278. The highest BCUT2D eigenvalue weighted by atomic mass is 16.7. The molecule has 0 aromatic rings. The summed E-state index contributed by atoms with van der Waals surface area (Å²) >= 11 is 0. The predicted octanol–water partition coefficient (Wildman–Crippen LogP) is -3.29. The van der Waals surface area contributed by atoms with E-state index in [9.17, 15) is 20.4 Å². The van der Waals surface area contributed by atoms with Crippen molar-refractivity contribution < 1.29 is 40.1 Å². The van der Waals surface area contributed by atoms with Crippen LogP contribution in [0.4, 0.5) is 0 Å². The zero-order valence-electron chi connectivity index (χ0n) is 10.3. The van der Waals surface area contributed by atoms with E-state index >= 15 is 0 Å². The van der Waals surface area contributed by atoms with Crippen LogP contribution in [0.2, 0.25) is 0 Å². The highest BCUT2D eigenvalue weighted by Crippen LogP contribution is 2.22. The largest absolute Gasteiger partial charge is 0.394 e. The molecule has 1 heterocycles. The molecular formula is C11H20O8. The van der Waals surface area contributed by atoms with Crippen molar-refractivity contribution in [3.63, 3.8) is 0 Å². The van der Waals surface area contributed by atoms with Crippen LogP contribution in [0.25, 0.3) is 0 Å². The minimum Gasteiger partial charge on any atom is -0.394 e. The molecule has 8 heteroatoms. The van der Waals surface area contributed by atoms with Crippen LogP contribution in [0.1, 0.15) is 0 Å². The van der Waals surface area contributed by atoms with E-state index in [1.807, 2.05) is 0 Å². The molecule has 1 aliphatic heterocycles. The molecule has 0 unspecified atom stereocenters. The Morgan fingerprint density at radius 3 is 2.32 bits per heavy atom. The maximum atomic E-state index is 9.65. The van der Waals surface area contributed by atoms with Crippen LogP contribution in [-0.2, 0) is 9.47 Å². The fraction of sp³-hybridized carbons (Fsp3) is 0.818. The summed E-state index contributed by atoms with van der Waals surface area (Å²) < 4.78 is 10.2. The molecule has 1 aliphatic rings. The number of rotatable bonds is 6. The van der Waals surface area contributed by atoms with Crippen LogP contribution in [-0.4, -0.2) is 87.3 Å². The van der Waals surface area contributed by atoms with E-state index in [1.54, 1.807) is 0 Å². The zero-order chi connectivity index (χ0) is 14.6. The fourth-order valence-corrected chi connectivity index (χ4v) is 1.62. The Balaban J connectivity index is 2.55. The predicted molar refractivity (Wildman–Crippen MR) is 62.0 cm³/mol. The number of ether oxygens (including phenoxy) is 2. The van der Waals surface area contributed by atoms with Crippen LogP contribution < -0.4 is 0 Å². The van der Waals surface area contributed by atoms with E-state index in [2.05, 4.69) is 6.58 Å². The second kappa shape index (κ2) is 7.27. The zero-order valence-corrected chi connectivity index (χ0v) is 10.3. The van der Waals surface area contributed by atoms with Crippen molar-refractivity contribution in [2.45, 2.75) is 36.8 Å². The van der Waals surface area contributed by atoms with Crippen LogP contribution in [0.3, 0.4) is 0 Å². The molecule has 0 amide bonds. The molecule has 19 heavy (non-hydrogen) atoms. The van der Waals surface area contributed by atoms with Gasteiger partial charge in [-0.2, -0.15) is 0 Å². The first-order valence-electron chi connectivity index (χ1n) is 5.81. The highest BCUT2D eigenvalue weighted by molar-refractivity contribution is 5.02. The van der Waals surface area contributed by atoms with Gasteiger partial charge >= 0.3 is 0 Å². The molecule has 8 nitrogen and oxygen atoms in total. The van der Waals surface area contributed by atoms with Crippen LogP contribution in [0.15, 0.2) is 12.2 Å². The molecule has 1 saturated heterocycles. The van der Waals surface area contributed by atoms with Gasteiger partial charge in [0, 0.05) is 0 Å². The third-order valence-electron chi connectivity index (χ3n) is 2.93. The van der Waals surface area contributed by atoms with Crippen molar-refractivity contribution in [1.82, 2.24) is 0 Å². The molecule has 0 bridgehead atoms. The van der Waals surface area contributed by atoms with Gasteiger partial charge in [0.05, 0.1) is 25.9 Å². The monoisotopic (exact) mass is 280 g/mol. The van der Waals surface area contributed by atoms with E-state index < -0.39 is 50.0 Å². The second-order valence-corrected chi connectivity index (χ2v) is 4.36. The molecule has 0 aromatic carbocycles. The van der Waals surface area contributed by atoms with Gasteiger partial charge in [0.15, 0.2) is 6.29 Å². The summed E-state index contributed by atoms with van der Waals surface area (Å²) in [5, 5.41) is 55.6. The lowest BCUT2D eigenvalue weighted by Crippen LogP contribution is -2.59. The fourth-order valence-electron chi connectivity index (χ4n) is 1.62. The third-order valence-corrected chi connectivity index (χ3v) is 2.93. The topological polar surface area (TPSA) is 140 Å². The summed E-state index contributed by atoms with van der Waals surface area (Å²) in [5.74, 6) is 0. The highest BCUT2D eigenvalue weighted by Gasteiger charge is 2.44. The molecule has 112 valence electrons. The molecule has 0 radical (unpaired) electrons. The minimum absolute atomic E-state index is 0.166. The lowest BCUT2D eigenvalue weighted by atomic mass is 9.99. The number of hydrogen-bond acceptors (Lipinski definition) is 8. The van der Waals surface area contributed by atoms with Gasteiger partial charge < -0.3 is 40.1 Å². The molecular weight excluding hydrogens is 260 g/mol. The Morgan fingerprint density at radius 1 is 1.16 bits per heavy atom. The summed E-state index contributed by atoms with van der Waals surface area (Å²) in [6.45, 7) is 2.19. The SMILES string of the molecule is C=C(CO[C@@H]1O[C@H](CO)[C@@H](O)[C@@H](O)[C@H]1O)[C@H](O)CO. The molecule has 0 saturated carbocycles. The van der Waals surface area contributed by atoms with Gasteiger partial charge in [-0.05, 0) is 5.57 Å². The average molecular weight is 280 g/mol. The molecule has 1 fully saturated rings. The maximum absolute atomic E-state index is 9.65. The molecule has 1 rings (SSSR count). The Hall–Kier alpha value is -0.580.